The lowest BCUT2D eigenvalue weighted by atomic mass is 10.1. The van der Waals surface area contributed by atoms with Gasteiger partial charge in [-0.1, -0.05) is 25.5 Å². The molecular weight excluding hydrogens is 276 g/mol. The second-order valence-corrected chi connectivity index (χ2v) is 5.96. The van der Waals surface area contributed by atoms with Crippen LogP contribution in [-0.4, -0.2) is 47.3 Å². The standard InChI is InChI=1S/C17H26N4O/c1-2-5-14(18)17-19-15-6-3-4-7-16(15)21(17)9-8-20-10-12-22-13-11-20/h3-4,6-7,14H,2,5,8-13,18H2,1H3. The van der Waals surface area contributed by atoms with Gasteiger partial charge in [0.05, 0.1) is 30.3 Å². The average molecular weight is 302 g/mol. The molecule has 5 nitrogen and oxygen atoms in total. The molecule has 0 bridgehead atoms. The van der Waals surface area contributed by atoms with Gasteiger partial charge in [-0.25, -0.2) is 4.98 Å². The molecule has 0 spiro atoms. The van der Waals surface area contributed by atoms with Crippen LogP contribution < -0.4 is 5.73 Å². The Morgan fingerprint density at radius 2 is 2.00 bits per heavy atom. The fraction of sp³-hybridized carbons (Fsp3) is 0.588. The van der Waals surface area contributed by atoms with Crippen LogP contribution in [0, 0.1) is 0 Å². The van der Waals surface area contributed by atoms with E-state index in [2.05, 4.69) is 34.6 Å². The van der Waals surface area contributed by atoms with E-state index in [-0.39, 0.29) is 6.04 Å². The number of benzene rings is 1. The number of nitrogens with two attached hydrogens (primary N) is 1. The van der Waals surface area contributed by atoms with Crippen molar-refractivity contribution < 1.29 is 4.74 Å². The number of para-hydroxylation sites is 2. The van der Waals surface area contributed by atoms with Gasteiger partial charge in [0.25, 0.3) is 0 Å². The van der Waals surface area contributed by atoms with Crippen LogP contribution in [0.25, 0.3) is 11.0 Å². The van der Waals surface area contributed by atoms with Gasteiger partial charge in [0.15, 0.2) is 0 Å². The third-order valence-corrected chi connectivity index (χ3v) is 4.36. The molecule has 22 heavy (non-hydrogen) atoms. The quantitative estimate of drug-likeness (QED) is 0.888. The SMILES string of the molecule is CCCC(N)c1nc2ccccc2n1CCN1CCOCC1. The lowest BCUT2D eigenvalue weighted by molar-refractivity contribution is 0.0364. The monoisotopic (exact) mass is 302 g/mol. The highest BCUT2D eigenvalue weighted by atomic mass is 16.5. The molecule has 1 unspecified atom stereocenters. The van der Waals surface area contributed by atoms with Gasteiger partial charge in [0.2, 0.25) is 0 Å². The molecule has 2 N–H and O–H groups in total. The van der Waals surface area contributed by atoms with Crippen LogP contribution in [0.5, 0.6) is 0 Å². The van der Waals surface area contributed by atoms with Crippen molar-refractivity contribution in [2.24, 2.45) is 5.73 Å². The van der Waals surface area contributed by atoms with Crippen LogP contribution in [0.3, 0.4) is 0 Å². The van der Waals surface area contributed by atoms with Gasteiger partial charge in [-0.15, -0.1) is 0 Å². The van der Waals surface area contributed by atoms with Crippen molar-refractivity contribution >= 4 is 11.0 Å². The smallest absolute Gasteiger partial charge is 0.126 e. The first-order valence-electron chi connectivity index (χ1n) is 8.30. The highest BCUT2D eigenvalue weighted by Crippen LogP contribution is 2.22. The van der Waals surface area contributed by atoms with Gasteiger partial charge < -0.3 is 15.0 Å². The van der Waals surface area contributed by atoms with Crippen LogP contribution in [0.1, 0.15) is 31.6 Å². The van der Waals surface area contributed by atoms with Gasteiger partial charge in [-0.2, -0.15) is 0 Å². The van der Waals surface area contributed by atoms with Gasteiger partial charge in [-0.05, 0) is 18.6 Å². The highest BCUT2D eigenvalue weighted by molar-refractivity contribution is 5.76. The molecule has 1 fully saturated rings. The molecule has 1 saturated heterocycles. The molecule has 0 saturated carbocycles. The molecule has 1 aliphatic heterocycles. The summed E-state index contributed by atoms with van der Waals surface area (Å²) in [5, 5.41) is 0. The predicted octanol–water partition coefficient (Wildman–Crippen LogP) is 2.17. The van der Waals surface area contributed by atoms with Crippen LogP contribution >= 0.6 is 0 Å². The third kappa shape index (κ3) is 3.32. The first kappa shape index (κ1) is 15.5. The molecule has 1 aromatic heterocycles. The van der Waals surface area contributed by atoms with E-state index in [4.69, 9.17) is 15.5 Å². The Morgan fingerprint density at radius 1 is 1.23 bits per heavy atom. The van der Waals surface area contributed by atoms with Gasteiger partial charge >= 0.3 is 0 Å². The van der Waals surface area contributed by atoms with Crippen LogP contribution in [-0.2, 0) is 11.3 Å². The molecular formula is C17H26N4O. The Bertz CT molecular complexity index is 604. The molecule has 1 atom stereocenters. The highest BCUT2D eigenvalue weighted by Gasteiger charge is 2.17. The largest absolute Gasteiger partial charge is 0.379 e. The lowest BCUT2D eigenvalue weighted by Gasteiger charge is -2.27. The van der Waals surface area contributed by atoms with E-state index in [0.717, 1.165) is 63.6 Å². The summed E-state index contributed by atoms with van der Waals surface area (Å²) in [6, 6.07) is 8.34. The number of ether oxygens (including phenoxy) is 1. The van der Waals surface area contributed by atoms with Gasteiger partial charge in [-0.3, -0.25) is 4.90 Å². The van der Waals surface area contributed by atoms with Crippen molar-refractivity contribution in [3.05, 3.63) is 30.1 Å². The molecule has 2 aromatic rings. The zero-order valence-corrected chi connectivity index (χ0v) is 13.4. The Labute approximate surface area is 132 Å². The van der Waals surface area contributed by atoms with E-state index in [1.165, 1.54) is 5.52 Å². The Balaban J connectivity index is 1.83. The molecule has 1 aliphatic rings. The van der Waals surface area contributed by atoms with E-state index in [0.29, 0.717) is 0 Å². The van der Waals surface area contributed by atoms with E-state index in [1.54, 1.807) is 0 Å². The zero-order chi connectivity index (χ0) is 15.4. The van der Waals surface area contributed by atoms with Crippen molar-refractivity contribution in [3.8, 4) is 0 Å². The van der Waals surface area contributed by atoms with Crippen molar-refractivity contribution in [1.82, 2.24) is 14.5 Å². The molecule has 0 radical (unpaired) electrons. The van der Waals surface area contributed by atoms with Crippen LogP contribution in [0.4, 0.5) is 0 Å². The number of morpholine rings is 1. The second-order valence-electron chi connectivity index (χ2n) is 5.96. The minimum Gasteiger partial charge on any atom is -0.379 e. The van der Waals surface area contributed by atoms with E-state index >= 15 is 0 Å². The third-order valence-electron chi connectivity index (χ3n) is 4.36. The molecule has 120 valence electrons. The van der Waals surface area contributed by atoms with E-state index in [1.807, 2.05) is 6.07 Å². The van der Waals surface area contributed by atoms with E-state index in [9.17, 15) is 0 Å². The number of rotatable bonds is 6. The molecule has 1 aromatic carbocycles. The summed E-state index contributed by atoms with van der Waals surface area (Å²) in [6.07, 6.45) is 2.05. The minimum atomic E-state index is 0.0158. The summed E-state index contributed by atoms with van der Waals surface area (Å²) in [5.74, 6) is 1.02. The number of imidazole rings is 1. The Kier molecular flexibility index (Phi) is 5.08. The van der Waals surface area contributed by atoms with Gasteiger partial charge in [0.1, 0.15) is 5.82 Å². The zero-order valence-electron chi connectivity index (χ0n) is 13.4. The predicted molar refractivity (Wildman–Crippen MR) is 88.8 cm³/mol. The Hall–Kier alpha value is -1.43. The summed E-state index contributed by atoms with van der Waals surface area (Å²) >= 11 is 0. The van der Waals surface area contributed by atoms with Crippen molar-refractivity contribution in [3.63, 3.8) is 0 Å². The molecule has 0 amide bonds. The van der Waals surface area contributed by atoms with Crippen LogP contribution in [0.2, 0.25) is 0 Å². The summed E-state index contributed by atoms with van der Waals surface area (Å²) in [4.78, 5) is 7.24. The first-order valence-corrected chi connectivity index (χ1v) is 8.30. The van der Waals surface area contributed by atoms with Crippen molar-refractivity contribution in [1.29, 1.82) is 0 Å². The Morgan fingerprint density at radius 3 is 2.77 bits per heavy atom. The first-order chi connectivity index (χ1) is 10.8. The normalized spacial score (nSPS) is 17.9. The molecule has 5 heteroatoms. The number of hydrogen-bond donors (Lipinski definition) is 1. The number of fused-ring (bicyclic) bond motifs is 1. The number of aromatic nitrogens is 2. The maximum Gasteiger partial charge on any atom is 0.126 e. The summed E-state index contributed by atoms with van der Waals surface area (Å²) in [7, 11) is 0. The summed E-state index contributed by atoms with van der Waals surface area (Å²) in [6.45, 7) is 7.84. The van der Waals surface area contributed by atoms with Crippen LogP contribution in [0.15, 0.2) is 24.3 Å². The second kappa shape index (κ2) is 7.22. The van der Waals surface area contributed by atoms with E-state index < -0.39 is 0 Å². The average Bonchev–Trinajstić information content (AvgIpc) is 2.93. The minimum absolute atomic E-state index is 0.0158. The number of nitrogens with zero attached hydrogens (tertiary/aromatic N) is 3. The molecule has 2 heterocycles. The van der Waals surface area contributed by atoms with Crippen molar-refractivity contribution in [2.75, 3.05) is 32.8 Å². The molecule has 0 aliphatic carbocycles. The summed E-state index contributed by atoms with van der Waals surface area (Å²) < 4.78 is 7.73. The maximum atomic E-state index is 6.36. The van der Waals surface area contributed by atoms with Gasteiger partial charge in [0, 0.05) is 26.2 Å². The number of hydrogen-bond acceptors (Lipinski definition) is 4. The topological polar surface area (TPSA) is 56.3 Å². The maximum absolute atomic E-state index is 6.36. The molecule has 3 rings (SSSR count). The van der Waals surface area contributed by atoms with Crippen molar-refractivity contribution in [2.45, 2.75) is 32.4 Å². The summed E-state index contributed by atoms with van der Waals surface area (Å²) in [5.41, 5.74) is 8.60. The fourth-order valence-electron chi connectivity index (χ4n) is 3.12. The fourth-order valence-corrected chi connectivity index (χ4v) is 3.12. The lowest BCUT2D eigenvalue weighted by Crippen LogP contribution is -2.38.